The van der Waals surface area contributed by atoms with Gasteiger partial charge in [0, 0.05) is 13.2 Å². The molecule has 1 aliphatic carbocycles. The molecule has 1 aromatic rings. The van der Waals surface area contributed by atoms with Crippen LogP contribution in [0.5, 0.6) is 0 Å². The molecule has 1 aliphatic rings. The molecule has 8 heteroatoms. The van der Waals surface area contributed by atoms with Gasteiger partial charge in [0.25, 0.3) is 0 Å². The molecule has 0 radical (unpaired) electrons. The number of aliphatic hydroxyl groups is 1. The Bertz CT molecular complexity index is 592. The molecule has 6 nitrogen and oxygen atoms in total. The smallest absolute Gasteiger partial charge is 0.187 e. The third kappa shape index (κ3) is 3.87. The van der Waals surface area contributed by atoms with Gasteiger partial charge in [0.15, 0.2) is 15.7 Å². The van der Waals surface area contributed by atoms with Gasteiger partial charge in [-0.05, 0) is 42.6 Å². The van der Waals surface area contributed by atoms with E-state index in [9.17, 15) is 8.42 Å². The molecular formula is C13H23N3O3S2. The molecule has 0 bridgehead atoms. The molecule has 1 heterocycles. The van der Waals surface area contributed by atoms with Crippen molar-refractivity contribution in [2.75, 3.05) is 24.2 Å². The Morgan fingerprint density at radius 1 is 1.48 bits per heavy atom. The molecule has 1 aromatic heterocycles. The zero-order valence-electron chi connectivity index (χ0n) is 12.4. The summed E-state index contributed by atoms with van der Waals surface area (Å²) in [7, 11) is -3.35. The average molecular weight is 333 g/mol. The van der Waals surface area contributed by atoms with E-state index >= 15 is 0 Å². The van der Waals surface area contributed by atoms with Crippen LogP contribution in [0.3, 0.4) is 0 Å². The molecule has 1 fully saturated rings. The topological polar surface area (TPSA) is 105 Å². The Morgan fingerprint density at radius 2 is 2.14 bits per heavy atom. The molecule has 0 aliphatic heterocycles. The first kappa shape index (κ1) is 16.5. The van der Waals surface area contributed by atoms with E-state index in [1.807, 2.05) is 0 Å². The van der Waals surface area contributed by atoms with Gasteiger partial charge in [0.2, 0.25) is 0 Å². The highest BCUT2D eigenvalue weighted by Gasteiger charge is 2.40. The highest BCUT2D eigenvalue weighted by Crippen LogP contribution is 2.41. The summed E-state index contributed by atoms with van der Waals surface area (Å²) < 4.78 is 28.8. The Kier molecular flexibility index (Phi) is 4.79. The largest absolute Gasteiger partial charge is 0.396 e. The summed E-state index contributed by atoms with van der Waals surface area (Å²) in [5, 5.41) is 12.3. The number of sulfone groups is 1. The van der Waals surface area contributed by atoms with E-state index in [0.29, 0.717) is 24.4 Å². The van der Waals surface area contributed by atoms with E-state index in [2.05, 4.69) is 23.5 Å². The molecule has 4 N–H and O–H groups in total. The molecule has 120 valence electrons. The van der Waals surface area contributed by atoms with Crippen molar-refractivity contribution in [1.29, 1.82) is 0 Å². The third-order valence-electron chi connectivity index (χ3n) is 3.66. The highest BCUT2D eigenvalue weighted by atomic mass is 32.2. The fourth-order valence-corrected chi connectivity index (χ4v) is 5.07. The lowest BCUT2D eigenvalue weighted by atomic mass is 9.88. The summed E-state index contributed by atoms with van der Waals surface area (Å²) >= 11 is 1.10. The zero-order valence-corrected chi connectivity index (χ0v) is 14.1. The Morgan fingerprint density at radius 3 is 2.71 bits per heavy atom. The number of aliphatic hydroxyl groups excluding tert-OH is 1. The van der Waals surface area contributed by atoms with Crippen molar-refractivity contribution >= 4 is 32.2 Å². The third-order valence-corrected chi connectivity index (χ3v) is 6.94. The molecule has 21 heavy (non-hydrogen) atoms. The molecule has 1 saturated carbocycles. The summed E-state index contributed by atoms with van der Waals surface area (Å²) in [5.41, 5.74) is 5.72. The maximum absolute atomic E-state index is 12.4. The number of hydrogen-bond donors (Lipinski definition) is 3. The lowest BCUT2D eigenvalue weighted by Crippen LogP contribution is -2.24. The maximum atomic E-state index is 12.4. The number of nitrogens with one attached hydrogen (secondary N) is 1. The fourth-order valence-electron chi connectivity index (χ4n) is 2.19. The standard InChI is InChI=1S/C13H23N3O3S2/c1-13(2,6-3-7-17)8-15-12-10(11(14)16-20-12)21(18,19)9-4-5-9/h9,15,17H,3-8H2,1-2H3,(H2,14,16). The summed E-state index contributed by atoms with van der Waals surface area (Å²) in [6.45, 7) is 4.93. The first-order valence-electron chi connectivity index (χ1n) is 7.12. The zero-order chi connectivity index (χ0) is 15.7. The number of nitrogen functional groups attached to an aromatic ring is 1. The average Bonchev–Trinajstić information content (AvgIpc) is 3.19. The number of nitrogens with two attached hydrogens (primary N) is 1. The van der Waals surface area contributed by atoms with Crippen LogP contribution in [-0.4, -0.2) is 36.3 Å². The van der Waals surface area contributed by atoms with Crippen LogP contribution in [0.25, 0.3) is 0 Å². The van der Waals surface area contributed by atoms with E-state index < -0.39 is 9.84 Å². The Hall–Kier alpha value is -0.860. The van der Waals surface area contributed by atoms with E-state index in [-0.39, 0.29) is 28.0 Å². The van der Waals surface area contributed by atoms with Gasteiger partial charge in [0.1, 0.15) is 9.90 Å². The van der Waals surface area contributed by atoms with Crippen molar-refractivity contribution in [2.45, 2.75) is 49.7 Å². The lowest BCUT2D eigenvalue weighted by Gasteiger charge is -2.25. The van der Waals surface area contributed by atoms with E-state index in [0.717, 1.165) is 24.4 Å². The maximum Gasteiger partial charge on any atom is 0.187 e. The van der Waals surface area contributed by atoms with Gasteiger partial charge < -0.3 is 16.2 Å². The number of hydrogen-bond acceptors (Lipinski definition) is 7. The van der Waals surface area contributed by atoms with Crippen LogP contribution < -0.4 is 11.1 Å². The summed E-state index contributed by atoms with van der Waals surface area (Å²) in [4.78, 5) is 0.174. The molecule has 0 spiro atoms. The SMILES string of the molecule is CC(C)(CCCO)CNc1snc(N)c1S(=O)(=O)C1CC1. The minimum absolute atomic E-state index is 0.0396. The minimum Gasteiger partial charge on any atom is -0.396 e. The van der Waals surface area contributed by atoms with Crippen LogP contribution >= 0.6 is 11.5 Å². The van der Waals surface area contributed by atoms with Gasteiger partial charge in [0.05, 0.1) is 5.25 Å². The van der Waals surface area contributed by atoms with Crippen molar-refractivity contribution in [3.8, 4) is 0 Å². The van der Waals surface area contributed by atoms with Crippen molar-refractivity contribution in [3.63, 3.8) is 0 Å². The minimum atomic E-state index is -3.35. The van der Waals surface area contributed by atoms with Crippen LogP contribution in [0.1, 0.15) is 39.5 Å². The molecule has 0 amide bonds. The second-order valence-electron chi connectivity index (χ2n) is 6.32. The van der Waals surface area contributed by atoms with Crippen molar-refractivity contribution in [3.05, 3.63) is 0 Å². The van der Waals surface area contributed by atoms with E-state index in [1.165, 1.54) is 0 Å². The van der Waals surface area contributed by atoms with E-state index in [4.69, 9.17) is 10.8 Å². The monoisotopic (exact) mass is 333 g/mol. The van der Waals surface area contributed by atoms with Crippen LogP contribution in [0, 0.1) is 5.41 Å². The summed E-state index contributed by atoms with van der Waals surface area (Å²) in [6, 6.07) is 0. The fraction of sp³-hybridized carbons (Fsp3) is 0.769. The van der Waals surface area contributed by atoms with E-state index in [1.54, 1.807) is 0 Å². The van der Waals surface area contributed by atoms with Crippen LogP contribution in [0.4, 0.5) is 10.8 Å². The molecule has 0 atom stereocenters. The predicted molar refractivity (Wildman–Crippen MR) is 85.3 cm³/mol. The van der Waals surface area contributed by atoms with Crippen LogP contribution in [-0.2, 0) is 9.84 Å². The number of nitrogens with zero attached hydrogens (tertiary/aromatic N) is 1. The van der Waals surface area contributed by atoms with Crippen LogP contribution in [0.2, 0.25) is 0 Å². The van der Waals surface area contributed by atoms with Gasteiger partial charge in [-0.3, -0.25) is 0 Å². The van der Waals surface area contributed by atoms with Crippen molar-refractivity contribution < 1.29 is 13.5 Å². The molecule has 0 aromatic carbocycles. The molecule has 0 unspecified atom stereocenters. The van der Waals surface area contributed by atoms with Gasteiger partial charge in [-0.2, -0.15) is 4.37 Å². The second kappa shape index (κ2) is 6.10. The summed E-state index contributed by atoms with van der Waals surface area (Å²) in [5.74, 6) is 0.0996. The highest BCUT2D eigenvalue weighted by molar-refractivity contribution is 7.92. The molecule has 2 rings (SSSR count). The van der Waals surface area contributed by atoms with Crippen molar-refractivity contribution in [2.24, 2.45) is 5.41 Å². The van der Waals surface area contributed by atoms with Crippen molar-refractivity contribution in [1.82, 2.24) is 4.37 Å². The Labute approximate surface area is 129 Å². The van der Waals surface area contributed by atoms with Gasteiger partial charge in [-0.15, -0.1) is 0 Å². The first-order valence-corrected chi connectivity index (χ1v) is 9.44. The van der Waals surface area contributed by atoms with Gasteiger partial charge in [-0.1, -0.05) is 13.8 Å². The first-order chi connectivity index (χ1) is 9.78. The summed E-state index contributed by atoms with van der Waals surface area (Å²) in [6.07, 6.45) is 3.00. The molecular weight excluding hydrogens is 310 g/mol. The lowest BCUT2D eigenvalue weighted by molar-refractivity contribution is 0.248. The molecule has 0 saturated heterocycles. The van der Waals surface area contributed by atoms with Gasteiger partial charge >= 0.3 is 0 Å². The number of anilines is 2. The van der Waals surface area contributed by atoms with Gasteiger partial charge in [-0.25, -0.2) is 8.42 Å². The quantitative estimate of drug-likeness (QED) is 0.671. The number of rotatable bonds is 8. The Balaban J connectivity index is 2.11. The predicted octanol–water partition coefficient (Wildman–Crippen LogP) is 1.87. The normalized spacial score (nSPS) is 16.1. The number of aromatic nitrogens is 1. The van der Waals surface area contributed by atoms with Crippen LogP contribution in [0.15, 0.2) is 4.90 Å². The second-order valence-corrected chi connectivity index (χ2v) is 9.25.